The molecule has 2 heterocycles. The first-order valence-corrected chi connectivity index (χ1v) is 8.75. The average Bonchev–Trinajstić information content (AvgIpc) is 3.04. The number of furan rings is 1. The molecule has 0 aliphatic carbocycles. The third kappa shape index (κ3) is 3.00. The predicted octanol–water partition coefficient (Wildman–Crippen LogP) is 3.90. The predicted molar refractivity (Wildman–Crippen MR) is 104 cm³/mol. The topological polar surface area (TPSA) is 94.4 Å². The van der Waals surface area contributed by atoms with E-state index < -0.39 is 12.1 Å². The molecule has 0 saturated heterocycles. The Hall–Kier alpha value is -3.61. The van der Waals surface area contributed by atoms with Crippen LogP contribution in [0.25, 0.3) is 21.9 Å². The molecule has 2 aromatic carbocycles. The quantitative estimate of drug-likeness (QED) is 0.541. The second kappa shape index (κ2) is 6.84. The Kier molecular flexibility index (Phi) is 4.35. The van der Waals surface area contributed by atoms with E-state index in [4.69, 9.17) is 13.9 Å². The third-order valence-corrected chi connectivity index (χ3v) is 4.63. The van der Waals surface area contributed by atoms with E-state index in [1.165, 1.54) is 0 Å². The Morgan fingerprint density at radius 1 is 1.18 bits per heavy atom. The van der Waals surface area contributed by atoms with Crippen molar-refractivity contribution < 1.29 is 18.7 Å². The van der Waals surface area contributed by atoms with Crippen LogP contribution in [0.4, 0.5) is 0 Å². The number of para-hydroxylation sites is 1. The highest BCUT2D eigenvalue weighted by Crippen LogP contribution is 2.30. The van der Waals surface area contributed by atoms with E-state index >= 15 is 0 Å². The van der Waals surface area contributed by atoms with Gasteiger partial charge in [0.15, 0.2) is 11.9 Å². The van der Waals surface area contributed by atoms with Crippen molar-refractivity contribution in [3.05, 3.63) is 70.0 Å². The summed E-state index contributed by atoms with van der Waals surface area (Å²) in [5, 5.41) is 1.25. The molecule has 0 unspecified atom stereocenters. The van der Waals surface area contributed by atoms with Crippen molar-refractivity contribution in [3.63, 3.8) is 0 Å². The van der Waals surface area contributed by atoms with E-state index in [0.29, 0.717) is 27.8 Å². The summed E-state index contributed by atoms with van der Waals surface area (Å²) in [6.07, 6.45) is -0.757. The molecule has 1 N–H and O–H groups in total. The van der Waals surface area contributed by atoms with Gasteiger partial charge < -0.3 is 18.9 Å². The summed E-state index contributed by atoms with van der Waals surface area (Å²) in [6.45, 7) is 3.43. The Morgan fingerprint density at radius 3 is 2.75 bits per heavy atom. The number of hydrogen-bond acceptors (Lipinski definition) is 6. The van der Waals surface area contributed by atoms with Crippen molar-refractivity contribution in [3.8, 4) is 5.75 Å². The zero-order valence-corrected chi connectivity index (χ0v) is 15.6. The molecule has 0 saturated carbocycles. The lowest BCUT2D eigenvalue weighted by atomic mass is 10.1. The first-order chi connectivity index (χ1) is 13.5. The number of fused-ring (bicyclic) bond motifs is 2. The van der Waals surface area contributed by atoms with Crippen molar-refractivity contribution in [2.45, 2.75) is 20.0 Å². The van der Waals surface area contributed by atoms with Crippen LogP contribution in [0.5, 0.6) is 5.75 Å². The molecule has 142 valence electrons. The smallest absolute Gasteiger partial charge is 0.375 e. The molecule has 1 atom stereocenters. The van der Waals surface area contributed by atoms with E-state index in [2.05, 4.69) is 9.97 Å². The number of esters is 1. The summed E-state index contributed by atoms with van der Waals surface area (Å²) in [5.74, 6) is 0.421. The number of aryl methyl sites for hydroxylation is 1. The number of carbonyl (C=O) groups excluding carboxylic acids is 1. The number of hydrogen-bond donors (Lipinski definition) is 1. The number of benzene rings is 2. The highest BCUT2D eigenvalue weighted by Gasteiger charge is 2.23. The van der Waals surface area contributed by atoms with Crippen LogP contribution < -0.4 is 10.3 Å². The maximum absolute atomic E-state index is 12.7. The number of rotatable bonds is 4. The van der Waals surface area contributed by atoms with Gasteiger partial charge in [-0.25, -0.2) is 9.78 Å². The van der Waals surface area contributed by atoms with Crippen molar-refractivity contribution in [1.29, 1.82) is 0 Å². The number of aromatic nitrogens is 2. The number of nitrogens with one attached hydrogen (secondary N) is 1. The lowest BCUT2D eigenvalue weighted by Gasteiger charge is -2.12. The van der Waals surface area contributed by atoms with E-state index in [1.807, 2.05) is 0 Å². The summed E-state index contributed by atoms with van der Waals surface area (Å²) in [6, 6.07) is 12.3. The van der Waals surface area contributed by atoms with Gasteiger partial charge in [-0.15, -0.1) is 0 Å². The van der Waals surface area contributed by atoms with E-state index in [-0.39, 0.29) is 17.1 Å². The molecule has 7 heteroatoms. The number of nitrogens with zero attached hydrogens (tertiary/aromatic N) is 1. The average molecular weight is 378 g/mol. The van der Waals surface area contributed by atoms with Crippen LogP contribution in [0.2, 0.25) is 0 Å². The molecule has 0 spiro atoms. The summed E-state index contributed by atoms with van der Waals surface area (Å²) < 4.78 is 16.4. The van der Waals surface area contributed by atoms with Gasteiger partial charge in [0, 0.05) is 10.9 Å². The lowest BCUT2D eigenvalue weighted by molar-refractivity contribution is 0.0285. The van der Waals surface area contributed by atoms with Gasteiger partial charge >= 0.3 is 5.97 Å². The van der Waals surface area contributed by atoms with E-state index in [9.17, 15) is 9.59 Å². The second-order valence-electron chi connectivity index (χ2n) is 6.43. The molecule has 28 heavy (non-hydrogen) atoms. The molecular formula is C21H18N2O5. The fourth-order valence-electron chi connectivity index (χ4n) is 3.09. The van der Waals surface area contributed by atoms with E-state index in [0.717, 1.165) is 5.39 Å². The fraction of sp³-hybridized carbons (Fsp3) is 0.190. The minimum Gasteiger partial charge on any atom is -0.497 e. The van der Waals surface area contributed by atoms with Crippen molar-refractivity contribution in [2.24, 2.45) is 0 Å². The van der Waals surface area contributed by atoms with Gasteiger partial charge in [0.1, 0.15) is 11.3 Å². The molecular weight excluding hydrogens is 360 g/mol. The Balaban J connectivity index is 1.64. The molecule has 0 fully saturated rings. The van der Waals surface area contributed by atoms with Crippen molar-refractivity contribution in [2.75, 3.05) is 7.11 Å². The van der Waals surface area contributed by atoms with Crippen molar-refractivity contribution in [1.82, 2.24) is 9.97 Å². The molecule has 0 aliphatic rings. The standard InChI is InChI=1S/C21H18N2O5/c1-11-15-10-13(26-3)8-9-17(15)28-18(11)21(25)27-12(2)19-22-16-7-5-4-6-14(16)20(24)23-19/h4-10,12H,1-3H3,(H,22,23,24)/t12-/m0/s1. The van der Waals surface area contributed by atoms with Crippen LogP contribution in [-0.4, -0.2) is 23.0 Å². The number of H-pyrrole nitrogens is 1. The van der Waals surface area contributed by atoms with Crippen LogP contribution in [0.1, 0.15) is 35.0 Å². The fourth-order valence-corrected chi connectivity index (χ4v) is 3.09. The highest BCUT2D eigenvalue weighted by molar-refractivity contribution is 5.96. The monoisotopic (exact) mass is 378 g/mol. The Bertz CT molecular complexity index is 1250. The van der Waals surface area contributed by atoms with Gasteiger partial charge in [0.2, 0.25) is 5.76 Å². The number of ether oxygens (including phenoxy) is 2. The van der Waals surface area contributed by atoms with Crippen LogP contribution in [0.3, 0.4) is 0 Å². The molecule has 4 aromatic rings. The second-order valence-corrected chi connectivity index (χ2v) is 6.43. The van der Waals surface area contributed by atoms with E-state index in [1.54, 1.807) is 63.4 Å². The first kappa shape index (κ1) is 17.8. The largest absolute Gasteiger partial charge is 0.497 e. The SMILES string of the molecule is COc1ccc2oc(C(=O)O[C@@H](C)c3nc4ccccc4c(=O)[nH]3)c(C)c2c1. The van der Waals surface area contributed by atoms with Crippen LogP contribution in [0.15, 0.2) is 51.7 Å². The molecule has 7 nitrogen and oxygen atoms in total. The molecule has 4 rings (SSSR count). The van der Waals surface area contributed by atoms with Crippen LogP contribution >= 0.6 is 0 Å². The summed E-state index contributed by atoms with van der Waals surface area (Å²) in [4.78, 5) is 31.9. The Morgan fingerprint density at radius 2 is 1.96 bits per heavy atom. The molecule has 0 bridgehead atoms. The number of carbonyl (C=O) groups is 1. The normalized spacial score (nSPS) is 12.2. The summed E-state index contributed by atoms with van der Waals surface area (Å²) in [5.41, 5.74) is 1.48. The molecule has 0 amide bonds. The summed E-state index contributed by atoms with van der Waals surface area (Å²) >= 11 is 0. The molecule has 0 radical (unpaired) electrons. The van der Waals surface area contributed by atoms with Gasteiger partial charge in [-0.1, -0.05) is 12.1 Å². The third-order valence-electron chi connectivity index (χ3n) is 4.63. The van der Waals surface area contributed by atoms with Gasteiger partial charge in [0.25, 0.3) is 5.56 Å². The van der Waals surface area contributed by atoms with Gasteiger partial charge in [-0.2, -0.15) is 0 Å². The zero-order chi connectivity index (χ0) is 19.8. The zero-order valence-electron chi connectivity index (χ0n) is 15.6. The van der Waals surface area contributed by atoms with Crippen molar-refractivity contribution >= 4 is 27.8 Å². The highest BCUT2D eigenvalue weighted by atomic mass is 16.6. The van der Waals surface area contributed by atoms with Gasteiger partial charge in [0.05, 0.1) is 18.0 Å². The maximum atomic E-state index is 12.7. The first-order valence-electron chi connectivity index (χ1n) is 8.75. The summed E-state index contributed by atoms with van der Waals surface area (Å²) in [7, 11) is 1.57. The van der Waals surface area contributed by atoms with Crippen LogP contribution in [-0.2, 0) is 4.74 Å². The molecule has 2 aromatic heterocycles. The number of methoxy groups -OCH3 is 1. The molecule has 0 aliphatic heterocycles. The minimum absolute atomic E-state index is 0.109. The lowest BCUT2D eigenvalue weighted by Crippen LogP contribution is -2.17. The van der Waals surface area contributed by atoms with Crippen LogP contribution in [0, 0.1) is 6.92 Å². The van der Waals surface area contributed by atoms with Gasteiger partial charge in [-0.3, -0.25) is 4.79 Å². The minimum atomic E-state index is -0.757. The Labute approximate surface area is 159 Å². The van der Waals surface area contributed by atoms with Gasteiger partial charge in [-0.05, 0) is 44.2 Å². The number of aromatic amines is 1. The maximum Gasteiger partial charge on any atom is 0.375 e.